The molecule has 2 aromatic rings. The van der Waals surface area contributed by atoms with Gasteiger partial charge in [0.1, 0.15) is 12.4 Å². The minimum atomic E-state index is 0. The summed E-state index contributed by atoms with van der Waals surface area (Å²) in [7, 11) is 4.05. The molecule has 1 aromatic carbocycles. The van der Waals surface area contributed by atoms with Crippen molar-refractivity contribution >= 4 is 53.5 Å². The number of nitrogens with zero attached hydrogens (tertiary/aromatic N) is 5. The Bertz CT molecular complexity index is 733. The van der Waals surface area contributed by atoms with Crippen LogP contribution in [0.4, 0.5) is 0 Å². The van der Waals surface area contributed by atoms with Crippen LogP contribution in [0.2, 0.25) is 0 Å². The Balaban J connectivity index is 0.00000392. The van der Waals surface area contributed by atoms with E-state index in [4.69, 9.17) is 4.99 Å². The van der Waals surface area contributed by atoms with E-state index in [1.807, 2.05) is 30.3 Å². The third kappa shape index (κ3) is 7.82. The number of aromatic nitrogens is 3. The molecule has 0 atom stereocenters. The van der Waals surface area contributed by atoms with E-state index in [2.05, 4.69) is 64.2 Å². The molecule has 0 bridgehead atoms. The molecule has 1 N–H and O–H groups in total. The summed E-state index contributed by atoms with van der Waals surface area (Å²) in [6, 6.07) is 8.69. The summed E-state index contributed by atoms with van der Waals surface area (Å²) in [5.41, 5.74) is 1.27. The highest BCUT2D eigenvalue weighted by Crippen LogP contribution is 2.15. The normalized spacial score (nSPS) is 11.2. The van der Waals surface area contributed by atoms with Crippen molar-refractivity contribution in [1.29, 1.82) is 0 Å². The van der Waals surface area contributed by atoms with Crippen molar-refractivity contribution in [2.75, 3.05) is 31.9 Å². The summed E-state index contributed by atoms with van der Waals surface area (Å²) in [5.74, 6) is 3.80. The fraction of sp³-hybridized carbons (Fsp3) is 0.526. The summed E-state index contributed by atoms with van der Waals surface area (Å²) in [5, 5.41) is 11.8. The van der Waals surface area contributed by atoms with E-state index >= 15 is 0 Å². The zero-order valence-corrected chi connectivity index (χ0v) is 21.3. The first-order chi connectivity index (χ1) is 13.0. The second kappa shape index (κ2) is 13.3. The standard InChI is InChI=1S/C19H30N6S2.HI/c1-15-22-23-18(25(15)3)13-21-19(20-11-6-12-26-4)24(2)14-16-7-9-17(27-5)10-8-16;/h7-10H,6,11-14H2,1-5H3,(H,20,21);1H. The van der Waals surface area contributed by atoms with Gasteiger partial charge in [-0.1, -0.05) is 12.1 Å². The molecule has 0 aliphatic rings. The SMILES string of the molecule is CSCCCNC(=NCc1nnc(C)n1C)N(C)Cc1ccc(SC)cc1.I. The Kier molecular flexibility index (Phi) is 11.9. The number of benzene rings is 1. The van der Waals surface area contributed by atoms with E-state index in [1.165, 1.54) is 10.5 Å². The minimum Gasteiger partial charge on any atom is -0.356 e. The highest BCUT2D eigenvalue weighted by molar-refractivity contribution is 14.0. The van der Waals surface area contributed by atoms with Gasteiger partial charge in [0.05, 0.1) is 0 Å². The van der Waals surface area contributed by atoms with Gasteiger partial charge in [-0.05, 0) is 49.3 Å². The van der Waals surface area contributed by atoms with E-state index in [0.29, 0.717) is 6.54 Å². The van der Waals surface area contributed by atoms with Crippen molar-refractivity contribution in [2.24, 2.45) is 12.0 Å². The zero-order valence-electron chi connectivity index (χ0n) is 17.3. The smallest absolute Gasteiger partial charge is 0.194 e. The van der Waals surface area contributed by atoms with Crippen molar-refractivity contribution < 1.29 is 0 Å². The topological polar surface area (TPSA) is 58.3 Å². The van der Waals surface area contributed by atoms with Crippen molar-refractivity contribution in [3.05, 3.63) is 41.5 Å². The molecule has 1 heterocycles. The lowest BCUT2D eigenvalue weighted by Crippen LogP contribution is -2.39. The van der Waals surface area contributed by atoms with E-state index in [0.717, 1.165) is 42.9 Å². The molecule has 0 amide bonds. The summed E-state index contributed by atoms with van der Waals surface area (Å²) in [4.78, 5) is 8.24. The van der Waals surface area contributed by atoms with Gasteiger partial charge >= 0.3 is 0 Å². The van der Waals surface area contributed by atoms with Gasteiger partial charge < -0.3 is 14.8 Å². The Hall–Kier alpha value is -0.940. The van der Waals surface area contributed by atoms with Gasteiger partial charge in [0.15, 0.2) is 11.8 Å². The van der Waals surface area contributed by atoms with Gasteiger partial charge in [-0.25, -0.2) is 4.99 Å². The van der Waals surface area contributed by atoms with Crippen LogP contribution >= 0.6 is 47.5 Å². The summed E-state index contributed by atoms with van der Waals surface area (Å²) in [6.45, 7) is 4.18. The Morgan fingerprint density at radius 2 is 1.93 bits per heavy atom. The van der Waals surface area contributed by atoms with E-state index in [1.54, 1.807) is 11.8 Å². The van der Waals surface area contributed by atoms with Crippen LogP contribution in [-0.4, -0.2) is 57.5 Å². The molecule has 0 unspecified atom stereocenters. The lowest BCUT2D eigenvalue weighted by atomic mass is 10.2. The van der Waals surface area contributed by atoms with Crippen LogP contribution in [0.1, 0.15) is 23.6 Å². The van der Waals surface area contributed by atoms with Crippen LogP contribution in [0.25, 0.3) is 0 Å². The quantitative estimate of drug-likeness (QED) is 0.174. The second-order valence-corrected chi connectivity index (χ2v) is 8.20. The van der Waals surface area contributed by atoms with Gasteiger partial charge in [0.2, 0.25) is 0 Å². The van der Waals surface area contributed by atoms with Gasteiger partial charge in [0, 0.05) is 32.1 Å². The average molecular weight is 535 g/mol. The first-order valence-electron chi connectivity index (χ1n) is 9.01. The molecule has 0 aliphatic heterocycles. The largest absolute Gasteiger partial charge is 0.356 e. The molecule has 9 heteroatoms. The molecule has 0 fully saturated rings. The number of nitrogens with one attached hydrogen (secondary N) is 1. The van der Waals surface area contributed by atoms with E-state index in [9.17, 15) is 0 Å². The minimum absolute atomic E-state index is 0. The van der Waals surface area contributed by atoms with Gasteiger partial charge in [-0.15, -0.1) is 45.9 Å². The summed E-state index contributed by atoms with van der Waals surface area (Å²) >= 11 is 3.63. The van der Waals surface area contributed by atoms with Crippen molar-refractivity contribution in [3.63, 3.8) is 0 Å². The highest BCUT2D eigenvalue weighted by Gasteiger charge is 2.09. The third-order valence-electron chi connectivity index (χ3n) is 4.30. The molecule has 2 rings (SSSR count). The molecular formula is C19H31IN6S2. The maximum Gasteiger partial charge on any atom is 0.194 e. The Morgan fingerprint density at radius 1 is 1.21 bits per heavy atom. The molecular weight excluding hydrogens is 503 g/mol. The second-order valence-electron chi connectivity index (χ2n) is 6.34. The molecule has 0 spiro atoms. The van der Waals surface area contributed by atoms with Gasteiger partial charge in [-0.3, -0.25) is 0 Å². The van der Waals surface area contributed by atoms with Crippen LogP contribution in [0.5, 0.6) is 0 Å². The van der Waals surface area contributed by atoms with E-state index in [-0.39, 0.29) is 24.0 Å². The summed E-state index contributed by atoms with van der Waals surface area (Å²) in [6.07, 6.45) is 5.34. The Morgan fingerprint density at radius 3 is 2.50 bits per heavy atom. The van der Waals surface area contributed by atoms with Crippen molar-refractivity contribution in [2.45, 2.75) is 31.3 Å². The van der Waals surface area contributed by atoms with Crippen molar-refractivity contribution in [1.82, 2.24) is 25.0 Å². The highest BCUT2D eigenvalue weighted by atomic mass is 127. The maximum atomic E-state index is 4.79. The average Bonchev–Trinajstić information content (AvgIpc) is 3.00. The molecule has 28 heavy (non-hydrogen) atoms. The number of hydrogen-bond donors (Lipinski definition) is 1. The number of aliphatic imine (C=N–C) groups is 1. The van der Waals surface area contributed by atoms with Crippen LogP contribution in [0, 0.1) is 6.92 Å². The fourth-order valence-corrected chi connectivity index (χ4v) is 3.38. The first-order valence-corrected chi connectivity index (χ1v) is 11.6. The Labute approximate surface area is 194 Å². The molecule has 1 aromatic heterocycles. The van der Waals surface area contributed by atoms with Gasteiger partial charge in [0.25, 0.3) is 0 Å². The third-order valence-corrected chi connectivity index (χ3v) is 5.74. The predicted molar refractivity (Wildman–Crippen MR) is 133 cm³/mol. The molecule has 0 saturated carbocycles. The summed E-state index contributed by atoms with van der Waals surface area (Å²) < 4.78 is 1.98. The molecule has 156 valence electrons. The zero-order chi connectivity index (χ0) is 19.6. The number of rotatable bonds is 9. The van der Waals surface area contributed by atoms with Crippen LogP contribution < -0.4 is 5.32 Å². The predicted octanol–water partition coefficient (Wildman–Crippen LogP) is 3.79. The van der Waals surface area contributed by atoms with Gasteiger partial charge in [-0.2, -0.15) is 11.8 Å². The monoisotopic (exact) mass is 534 g/mol. The van der Waals surface area contributed by atoms with E-state index < -0.39 is 0 Å². The number of thioether (sulfide) groups is 2. The molecule has 0 radical (unpaired) electrons. The number of hydrogen-bond acceptors (Lipinski definition) is 5. The molecule has 6 nitrogen and oxygen atoms in total. The first kappa shape index (κ1) is 25.1. The maximum absolute atomic E-state index is 4.79. The number of halogens is 1. The number of guanidine groups is 1. The lowest BCUT2D eigenvalue weighted by molar-refractivity contribution is 0.474. The fourth-order valence-electron chi connectivity index (χ4n) is 2.54. The van der Waals surface area contributed by atoms with Crippen LogP contribution in [-0.2, 0) is 20.1 Å². The van der Waals surface area contributed by atoms with Crippen molar-refractivity contribution in [3.8, 4) is 0 Å². The molecule has 0 saturated heterocycles. The lowest BCUT2D eigenvalue weighted by Gasteiger charge is -2.23. The number of aryl methyl sites for hydroxylation is 1. The molecule has 0 aliphatic carbocycles. The van der Waals surface area contributed by atoms with Crippen LogP contribution in [0.3, 0.4) is 0 Å². The van der Waals surface area contributed by atoms with Crippen LogP contribution in [0.15, 0.2) is 34.2 Å².